The average Bonchev–Trinajstić information content (AvgIpc) is 3.07. The summed E-state index contributed by atoms with van der Waals surface area (Å²) in [6.45, 7) is 5.67. The molecule has 26 heavy (non-hydrogen) atoms. The molecule has 0 bridgehead atoms. The molecule has 2 N–H and O–H groups in total. The van der Waals surface area contributed by atoms with Gasteiger partial charge in [0.1, 0.15) is 0 Å². The van der Waals surface area contributed by atoms with E-state index in [2.05, 4.69) is 21.1 Å². The molecule has 1 aromatic heterocycles. The predicted octanol–water partition coefficient (Wildman–Crippen LogP) is 2.48. The highest BCUT2D eigenvalue weighted by Crippen LogP contribution is 2.25. The fourth-order valence-electron chi connectivity index (χ4n) is 3.11. The normalized spacial score (nSPS) is 16.2. The molecule has 1 aliphatic heterocycles. The lowest BCUT2D eigenvalue weighted by molar-refractivity contribution is 0.0696. The number of carboxylic acid groups (broad SMARTS) is 1. The summed E-state index contributed by atoms with van der Waals surface area (Å²) in [5.41, 5.74) is 1.81. The van der Waals surface area contributed by atoms with E-state index in [1.807, 2.05) is 6.92 Å². The van der Waals surface area contributed by atoms with E-state index in [4.69, 9.17) is 5.11 Å². The number of aryl methyl sites for hydroxylation is 1. The zero-order valence-corrected chi connectivity index (χ0v) is 16.4. The standard InChI is InChI=1S/C18H22N2O4S2/c1-12-3-4-14(18(21)22)9-17(12)26(23,24)19-10-13(2)20-7-5-16-15(11-20)6-8-25-16/h3-4,6,8-9,13,19H,5,7,10-11H2,1-2H3,(H,21,22). The number of sulfonamides is 1. The van der Waals surface area contributed by atoms with Crippen LogP contribution in [0.2, 0.25) is 0 Å². The molecule has 0 fully saturated rings. The molecule has 140 valence electrons. The molecule has 1 atom stereocenters. The number of thiophene rings is 1. The molecule has 8 heteroatoms. The van der Waals surface area contributed by atoms with Crippen LogP contribution < -0.4 is 4.72 Å². The minimum absolute atomic E-state index is 0.0170. The molecule has 0 saturated heterocycles. The van der Waals surface area contributed by atoms with Crippen molar-refractivity contribution in [3.05, 3.63) is 51.2 Å². The van der Waals surface area contributed by atoms with Crippen LogP contribution in [0.25, 0.3) is 0 Å². The Bertz CT molecular complexity index is 921. The molecular formula is C18H22N2O4S2. The number of rotatable bonds is 6. The van der Waals surface area contributed by atoms with Gasteiger partial charge in [-0.2, -0.15) is 0 Å². The monoisotopic (exact) mass is 394 g/mol. The molecule has 0 saturated carbocycles. The molecule has 0 spiro atoms. The Labute approximate surface area is 157 Å². The SMILES string of the molecule is Cc1ccc(C(=O)O)cc1S(=O)(=O)NCC(C)N1CCc2sccc2C1. The van der Waals surface area contributed by atoms with Gasteiger partial charge in [0, 0.05) is 30.6 Å². The lowest BCUT2D eigenvalue weighted by atomic mass is 10.1. The second-order valence-electron chi connectivity index (χ2n) is 6.58. The Kier molecular flexibility index (Phi) is 5.47. The largest absolute Gasteiger partial charge is 0.478 e. The van der Waals surface area contributed by atoms with Crippen LogP contribution in [0.1, 0.15) is 33.3 Å². The maximum Gasteiger partial charge on any atom is 0.335 e. The topological polar surface area (TPSA) is 86.7 Å². The highest BCUT2D eigenvalue weighted by Gasteiger charge is 2.24. The smallest absolute Gasteiger partial charge is 0.335 e. The molecule has 0 amide bonds. The van der Waals surface area contributed by atoms with Crippen LogP contribution in [0.15, 0.2) is 34.5 Å². The number of hydrogen-bond donors (Lipinski definition) is 2. The van der Waals surface area contributed by atoms with Gasteiger partial charge in [-0.15, -0.1) is 11.3 Å². The van der Waals surface area contributed by atoms with Crippen molar-refractivity contribution in [2.75, 3.05) is 13.1 Å². The summed E-state index contributed by atoms with van der Waals surface area (Å²) < 4.78 is 27.9. The summed E-state index contributed by atoms with van der Waals surface area (Å²) in [7, 11) is -3.77. The summed E-state index contributed by atoms with van der Waals surface area (Å²) in [5, 5.41) is 11.2. The van der Waals surface area contributed by atoms with E-state index in [-0.39, 0.29) is 23.0 Å². The summed E-state index contributed by atoms with van der Waals surface area (Å²) >= 11 is 1.77. The number of aromatic carboxylic acids is 1. The van der Waals surface area contributed by atoms with Crippen LogP contribution >= 0.6 is 11.3 Å². The van der Waals surface area contributed by atoms with Crippen molar-refractivity contribution in [2.24, 2.45) is 0 Å². The second kappa shape index (κ2) is 7.48. The first-order chi connectivity index (χ1) is 12.3. The highest BCUT2D eigenvalue weighted by molar-refractivity contribution is 7.89. The van der Waals surface area contributed by atoms with E-state index in [1.165, 1.54) is 28.6 Å². The van der Waals surface area contributed by atoms with Crippen molar-refractivity contribution in [1.29, 1.82) is 0 Å². The second-order valence-corrected chi connectivity index (χ2v) is 9.31. The molecule has 2 aromatic rings. The van der Waals surface area contributed by atoms with E-state index in [9.17, 15) is 13.2 Å². The van der Waals surface area contributed by atoms with Crippen molar-refractivity contribution in [3.63, 3.8) is 0 Å². The summed E-state index contributed by atoms with van der Waals surface area (Å²) in [4.78, 5) is 14.8. The lowest BCUT2D eigenvalue weighted by Gasteiger charge is -2.32. The first kappa shape index (κ1) is 19.0. The minimum atomic E-state index is -3.77. The van der Waals surface area contributed by atoms with Crippen molar-refractivity contribution in [1.82, 2.24) is 9.62 Å². The van der Waals surface area contributed by atoms with Crippen LogP contribution in [0.3, 0.4) is 0 Å². The highest BCUT2D eigenvalue weighted by atomic mass is 32.2. The first-order valence-electron chi connectivity index (χ1n) is 8.41. The Hall–Kier alpha value is -1.74. The van der Waals surface area contributed by atoms with Crippen molar-refractivity contribution >= 4 is 27.3 Å². The maximum absolute atomic E-state index is 12.7. The Morgan fingerprint density at radius 3 is 2.88 bits per heavy atom. The van der Waals surface area contributed by atoms with Gasteiger partial charge >= 0.3 is 5.97 Å². The fraction of sp³-hybridized carbons (Fsp3) is 0.389. The Balaban J connectivity index is 1.69. The van der Waals surface area contributed by atoms with Crippen LogP contribution in [0.5, 0.6) is 0 Å². The van der Waals surface area contributed by atoms with Gasteiger partial charge in [0.15, 0.2) is 0 Å². The molecule has 1 aliphatic rings. The van der Waals surface area contributed by atoms with Crippen molar-refractivity contribution in [3.8, 4) is 0 Å². The van der Waals surface area contributed by atoms with E-state index < -0.39 is 16.0 Å². The van der Waals surface area contributed by atoms with Crippen LogP contribution in [-0.2, 0) is 23.0 Å². The third-order valence-electron chi connectivity index (χ3n) is 4.75. The van der Waals surface area contributed by atoms with Gasteiger partial charge in [0.05, 0.1) is 10.5 Å². The average molecular weight is 395 g/mol. The van der Waals surface area contributed by atoms with Gasteiger partial charge in [-0.3, -0.25) is 4.90 Å². The molecule has 0 radical (unpaired) electrons. The third-order valence-corrected chi connectivity index (χ3v) is 7.34. The lowest BCUT2D eigenvalue weighted by Crippen LogP contribution is -2.44. The molecule has 3 rings (SSSR count). The molecule has 2 heterocycles. The Morgan fingerprint density at radius 1 is 1.38 bits per heavy atom. The molecule has 6 nitrogen and oxygen atoms in total. The van der Waals surface area contributed by atoms with Crippen LogP contribution in [0, 0.1) is 6.92 Å². The Morgan fingerprint density at radius 2 is 2.15 bits per heavy atom. The summed E-state index contributed by atoms with van der Waals surface area (Å²) in [5.74, 6) is -1.14. The quantitative estimate of drug-likeness (QED) is 0.786. The number of benzene rings is 1. The minimum Gasteiger partial charge on any atom is -0.478 e. The predicted molar refractivity (Wildman–Crippen MR) is 101 cm³/mol. The van der Waals surface area contributed by atoms with Gasteiger partial charge in [0.25, 0.3) is 0 Å². The van der Waals surface area contributed by atoms with E-state index in [0.717, 1.165) is 19.5 Å². The van der Waals surface area contributed by atoms with Crippen LogP contribution in [0.4, 0.5) is 0 Å². The zero-order chi connectivity index (χ0) is 18.9. The number of carbonyl (C=O) groups is 1. The van der Waals surface area contributed by atoms with E-state index >= 15 is 0 Å². The van der Waals surface area contributed by atoms with Gasteiger partial charge in [0.2, 0.25) is 10.0 Å². The number of hydrogen-bond acceptors (Lipinski definition) is 5. The number of nitrogens with zero attached hydrogens (tertiary/aromatic N) is 1. The maximum atomic E-state index is 12.7. The molecule has 0 aliphatic carbocycles. The summed E-state index contributed by atoms with van der Waals surface area (Å²) in [6, 6.07) is 6.31. The van der Waals surface area contributed by atoms with Gasteiger partial charge in [-0.05, 0) is 55.0 Å². The van der Waals surface area contributed by atoms with Gasteiger partial charge in [-0.1, -0.05) is 6.07 Å². The number of nitrogens with one attached hydrogen (secondary N) is 1. The zero-order valence-electron chi connectivity index (χ0n) is 14.7. The van der Waals surface area contributed by atoms with Crippen molar-refractivity contribution < 1.29 is 18.3 Å². The first-order valence-corrected chi connectivity index (χ1v) is 10.8. The fourth-order valence-corrected chi connectivity index (χ4v) is 5.39. The van der Waals surface area contributed by atoms with Crippen LogP contribution in [-0.4, -0.2) is 43.5 Å². The number of fused-ring (bicyclic) bond motifs is 1. The molecule has 1 unspecified atom stereocenters. The molecule has 1 aromatic carbocycles. The van der Waals surface area contributed by atoms with E-state index in [0.29, 0.717) is 5.56 Å². The van der Waals surface area contributed by atoms with Gasteiger partial charge in [-0.25, -0.2) is 17.9 Å². The van der Waals surface area contributed by atoms with Crippen molar-refractivity contribution in [2.45, 2.75) is 37.8 Å². The van der Waals surface area contributed by atoms with E-state index in [1.54, 1.807) is 18.3 Å². The van der Waals surface area contributed by atoms with Gasteiger partial charge < -0.3 is 5.11 Å². The third kappa shape index (κ3) is 3.98. The molecular weight excluding hydrogens is 372 g/mol. The number of carboxylic acids is 1. The summed E-state index contributed by atoms with van der Waals surface area (Å²) in [6.07, 6.45) is 0.990.